The van der Waals surface area contributed by atoms with Gasteiger partial charge in [-0.15, -0.1) is 5.10 Å². The molecule has 1 aromatic heterocycles. The zero-order chi connectivity index (χ0) is 16.7. The molecule has 6 nitrogen and oxygen atoms in total. The van der Waals surface area contributed by atoms with E-state index in [0.717, 1.165) is 18.5 Å². The van der Waals surface area contributed by atoms with E-state index in [2.05, 4.69) is 34.7 Å². The lowest BCUT2D eigenvalue weighted by atomic mass is 10.2. The number of benzene rings is 1. The van der Waals surface area contributed by atoms with E-state index in [1.54, 1.807) is 4.68 Å². The van der Waals surface area contributed by atoms with Crippen LogP contribution in [0, 0.1) is 5.92 Å². The van der Waals surface area contributed by atoms with Gasteiger partial charge in [0.15, 0.2) is 0 Å². The van der Waals surface area contributed by atoms with Crippen molar-refractivity contribution in [3.8, 4) is 0 Å². The lowest BCUT2D eigenvalue weighted by Gasteiger charge is -2.14. The summed E-state index contributed by atoms with van der Waals surface area (Å²) in [5, 5.41) is 15.2. The van der Waals surface area contributed by atoms with Gasteiger partial charge in [0.2, 0.25) is 11.1 Å². The molecule has 0 aliphatic heterocycles. The van der Waals surface area contributed by atoms with Crippen molar-refractivity contribution in [2.75, 3.05) is 0 Å². The van der Waals surface area contributed by atoms with Crippen molar-refractivity contribution in [3.05, 3.63) is 35.9 Å². The van der Waals surface area contributed by atoms with Crippen molar-refractivity contribution in [1.82, 2.24) is 25.5 Å². The van der Waals surface area contributed by atoms with Gasteiger partial charge in [-0.25, -0.2) is 4.68 Å². The van der Waals surface area contributed by atoms with Crippen LogP contribution in [0.3, 0.4) is 0 Å². The number of amides is 1. The van der Waals surface area contributed by atoms with Gasteiger partial charge in [-0.2, -0.15) is 0 Å². The molecule has 1 heterocycles. The van der Waals surface area contributed by atoms with Crippen LogP contribution in [0.25, 0.3) is 0 Å². The van der Waals surface area contributed by atoms with Crippen LogP contribution < -0.4 is 5.32 Å². The molecule has 2 rings (SSSR count). The molecule has 124 valence electrons. The van der Waals surface area contributed by atoms with E-state index in [0.29, 0.717) is 17.6 Å². The fraction of sp³-hybridized carbons (Fsp3) is 0.500. The minimum atomic E-state index is -0.198. The minimum Gasteiger partial charge on any atom is -0.351 e. The Kier molecular flexibility index (Phi) is 6.58. The normalized spacial score (nSPS) is 12.3. The molecule has 0 aliphatic rings. The number of hydrogen-bond donors (Lipinski definition) is 1. The largest absolute Gasteiger partial charge is 0.351 e. The summed E-state index contributed by atoms with van der Waals surface area (Å²) >= 11 is 1.42. The highest BCUT2D eigenvalue weighted by atomic mass is 32.2. The van der Waals surface area contributed by atoms with Gasteiger partial charge in [0.1, 0.15) is 0 Å². The number of thioether (sulfide) groups is 1. The van der Waals surface area contributed by atoms with Crippen molar-refractivity contribution in [1.29, 1.82) is 0 Å². The predicted molar refractivity (Wildman–Crippen MR) is 90.9 cm³/mol. The third kappa shape index (κ3) is 5.35. The molecule has 0 spiro atoms. The zero-order valence-corrected chi connectivity index (χ0v) is 14.6. The first-order valence-electron chi connectivity index (χ1n) is 7.84. The molecular formula is C16H23N5OS. The predicted octanol–water partition coefficient (Wildman–Crippen LogP) is 2.52. The SMILES string of the molecule is CCC(Sc1nnnn1CC(C)C)C(=O)NCc1ccccc1. The number of nitrogens with zero attached hydrogens (tertiary/aromatic N) is 4. The highest BCUT2D eigenvalue weighted by Crippen LogP contribution is 2.23. The van der Waals surface area contributed by atoms with E-state index in [1.807, 2.05) is 37.3 Å². The Morgan fingerprint density at radius 3 is 2.70 bits per heavy atom. The Morgan fingerprint density at radius 1 is 1.30 bits per heavy atom. The second-order valence-corrected chi connectivity index (χ2v) is 6.93. The van der Waals surface area contributed by atoms with E-state index in [-0.39, 0.29) is 11.2 Å². The van der Waals surface area contributed by atoms with Crippen LogP contribution in [0.4, 0.5) is 0 Å². The maximum absolute atomic E-state index is 12.4. The summed E-state index contributed by atoms with van der Waals surface area (Å²) in [6.45, 7) is 7.50. The summed E-state index contributed by atoms with van der Waals surface area (Å²) < 4.78 is 1.77. The van der Waals surface area contributed by atoms with E-state index in [4.69, 9.17) is 0 Å². The fourth-order valence-corrected chi connectivity index (χ4v) is 3.02. The number of nitrogens with one attached hydrogen (secondary N) is 1. The maximum atomic E-state index is 12.4. The van der Waals surface area contributed by atoms with E-state index in [9.17, 15) is 4.79 Å². The number of tetrazole rings is 1. The molecule has 1 unspecified atom stereocenters. The molecule has 0 saturated heterocycles. The average Bonchev–Trinajstić information content (AvgIpc) is 2.97. The monoisotopic (exact) mass is 333 g/mol. The molecule has 1 atom stereocenters. The van der Waals surface area contributed by atoms with Gasteiger partial charge in [0.25, 0.3) is 0 Å². The number of carbonyl (C=O) groups is 1. The van der Waals surface area contributed by atoms with Crippen LogP contribution >= 0.6 is 11.8 Å². The Bertz CT molecular complexity index is 614. The second kappa shape index (κ2) is 8.67. The lowest BCUT2D eigenvalue weighted by molar-refractivity contribution is -0.120. The topological polar surface area (TPSA) is 72.7 Å². The molecule has 1 aromatic carbocycles. The smallest absolute Gasteiger partial charge is 0.233 e. The summed E-state index contributed by atoms with van der Waals surface area (Å²) in [7, 11) is 0. The minimum absolute atomic E-state index is 0.0143. The van der Waals surface area contributed by atoms with E-state index >= 15 is 0 Å². The first-order chi connectivity index (χ1) is 11.1. The molecule has 23 heavy (non-hydrogen) atoms. The third-order valence-corrected chi connectivity index (χ3v) is 4.59. The molecule has 0 aliphatic carbocycles. The first kappa shape index (κ1) is 17.5. The van der Waals surface area contributed by atoms with Gasteiger partial charge in [-0.05, 0) is 28.3 Å². The summed E-state index contributed by atoms with van der Waals surface area (Å²) in [5.74, 6) is 0.463. The van der Waals surface area contributed by atoms with Crippen molar-refractivity contribution >= 4 is 17.7 Å². The molecule has 0 fully saturated rings. The zero-order valence-electron chi connectivity index (χ0n) is 13.8. The summed E-state index contributed by atoms with van der Waals surface area (Å²) in [4.78, 5) is 12.4. The Balaban J connectivity index is 1.94. The van der Waals surface area contributed by atoms with Gasteiger partial charge in [0.05, 0.1) is 5.25 Å². The van der Waals surface area contributed by atoms with Crippen molar-refractivity contribution < 1.29 is 4.79 Å². The van der Waals surface area contributed by atoms with Crippen molar-refractivity contribution in [2.45, 2.75) is 50.7 Å². The maximum Gasteiger partial charge on any atom is 0.233 e. The highest BCUT2D eigenvalue weighted by Gasteiger charge is 2.21. The Morgan fingerprint density at radius 2 is 2.04 bits per heavy atom. The van der Waals surface area contributed by atoms with Gasteiger partial charge in [-0.3, -0.25) is 4.79 Å². The average molecular weight is 333 g/mol. The van der Waals surface area contributed by atoms with Crippen molar-refractivity contribution in [3.63, 3.8) is 0 Å². The molecule has 0 radical (unpaired) electrons. The van der Waals surface area contributed by atoms with Crippen LogP contribution in [0.2, 0.25) is 0 Å². The first-order valence-corrected chi connectivity index (χ1v) is 8.72. The number of aromatic nitrogens is 4. The summed E-state index contributed by atoms with van der Waals surface area (Å²) in [6.07, 6.45) is 0.722. The van der Waals surface area contributed by atoms with E-state index in [1.165, 1.54) is 11.8 Å². The quantitative estimate of drug-likeness (QED) is 0.752. The highest BCUT2D eigenvalue weighted by molar-refractivity contribution is 8.00. The van der Waals surface area contributed by atoms with Crippen LogP contribution in [-0.2, 0) is 17.9 Å². The van der Waals surface area contributed by atoms with Gasteiger partial charge >= 0.3 is 0 Å². The lowest BCUT2D eigenvalue weighted by Crippen LogP contribution is -2.32. The molecule has 1 amide bonds. The van der Waals surface area contributed by atoms with Crippen molar-refractivity contribution in [2.24, 2.45) is 5.92 Å². The van der Waals surface area contributed by atoms with Gasteiger partial charge in [0, 0.05) is 13.1 Å². The number of hydrogen-bond acceptors (Lipinski definition) is 5. The Hall–Kier alpha value is -1.89. The van der Waals surface area contributed by atoms with Crippen LogP contribution in [0.5, 0.6) is 0 Å². The number of rotatable bonds is 8. The van der Waals surface area contributed by atoms with Crippen LogP contribution in [0.1, 0.15) is 32.8 Å². The van der Waals surface area contributed by atoms with Gasteiger partial charge < -0.3 is 5.32 Å². The second-order valence-electron chi connectivity index (χ2n) is 5.76. The van der Waals surface area contributed by atoms with Crippen LogP contribution in [-0.4, -0.2) is 31.4 Å². The number of carbonyl (C=O) groups excluding carboxylic acids is 1. The summed E-state index contributed by atoms with van der Waals surface area (Å²) in [5.41, 5.74) is 1.09. The molecule has 7 heteroatoms. The molecule has 0 bridgehead atoms. The molecule has 1 N–H and O–H groups in total. The standard InChI is InChI=1S/C16H23N5OS/c1-4-14(15(22)17-10-13-8-6-5-7-9-13)23-16-18-19-20-21(16)11-12(2)3/h5-9,12,14H,4,10-11H2,1-3H3,(H,17,22). The summed E-state index contributed by atoms with van der Waals surface area (Å²) in [6, 6.07) is 9.89. The molecule has 2 aromatic rings. The third-order valence-electron chi connectivity index (χ3n) is 3.26. The van der Waals surface area contributed by atoms with Gasteiger partial charge in [-0.1, -0.05) is 62.9 Å². The van der Waals surface area contributed by atoms with Crippen LogP contribution in [0.15, 0.2) is 35.5 Å². The Labute approximate surface area is 141 Å². The fourth-order valence-electron chi connectivity index (χ4n) is 2.09. The van der Waals surface area contributed by atoms with E-state index < -0.39 is 0 Å². The molecular weight excluding hydrogens is 310 g/mol. The molecule has 0 saturated carbocycles.